The molecule has 1 amide bonds. The van der Waals surface area contributed by atoms with Crippen LogP contribution in [0.1, 0.15) is 22.7 Å². The van der Waals surface area contributed by atoms with E-state index in [1.54, 1.807) is 24.3 Å². The maximum atomic E-state index is 13.0. The van der Waals surface area contributed by atoms with Gasteiger partial charge in [0.2, 0.25) is 5.91 Å². The molecule has 4 rings (SSSR count). The third kappa shape index (κ3) is 4.61. The Labute approximate surface area is 191 Å². The predicted molar refractivity (Wildman–Crippen MR) is 109 cm³/mol. The van der Waals surface area contributed by atoms with Gasteiger partial charge in [-0.1, -0.05) is 29.8 Å². The van der Waals surface area contributed by atoms with Crippen molar-refractivity contribution >= 4 is 27.5 Å². The second-order valence-corrected chi connectivity index (χ2v) is 9.62. The van der Waals surface area contributed by atoms with Gasteiger partial charge in [-0.15, -0.1) is 0 Å². The van der Waals surface area contributed by atoms with Crippen LogP contribution in [0.2, 0.25) is 5.02 Å². The molecule has 1 aromatic carbocycles. The van der Waals surface area contributed by atoms with Crippen LogP contribution in [0.15, 0.2) is 47.8 Å². The first-order valence-corrected chi connectivity index (χ1v) is 11.4. The van der Waals surface area contributed by atoms with Gasteiger partial charge in [0.05, 0.1) is 31.0 Å². The van der Waals surface area contributed by atoms with E-state index >= 15 is 0 Å². The highest BCUT2D eigenvalue weighted by Gasteiger charge is 2.34. The molecule has 0 saturated carbocycles. The number of carbonyl (C=O) groups is 1. The smallest absolute Gasteiger partial charge is 0.395 e. The number of fused-ring (bicyclic) bond motifs is 1. The molecule has 0 fully saturated rings. The number of alkyl halides is 3. The van der Waals surface area contributed by atoms with Crippen LogP contribution in [-0.2, 0) is 34.5 Å². The summed E-state index contributed by atoms with van der Waals surface area (Å²) in [5.74, 6) is -1.29. The maximum Gasteiger partial charge on any atom is 0.408 e. The van der Waals surface area contributed by atoms with E-state index in [0.717, 1.165) is 12.4 Å². The lowest BCUT2D eigenvalue weighted by atomic mass is 9.98. The van der Waals surface area contributed by atoms with Crippen molar-refractivity contribution < 1.29 is 31.5 Å². The molecule has 2 aromatic heterocycles. The lowest BCUT2D eigenvalue weighted by Gasteiger charge is -2.22. The van der Waals surface area contributed by atoms with Crippen molar-refractivity contribution in [1.29, 1.82) is 0 Å². The Hall–Kier alpha value is -2.90. The highest BCUT2D eigenvalue weighted by molar-refractivity contribution is 7.89. The van der Waals surface area contributed by atoms with Gasteiger partial charge in [-0.25, -0.2) is 0 Å². The number of nitrogens with zero attached hydrogens (tertiary/aromatic N) is 5. The largest absolute Gasteiger partial charge is 0.408 e. The second-order valence-electron chi connectivity index (χ2n) is 7.42. The van der Waals surface area contributed by atoms with Crippen LogP contribution < -0.4 is 0 Å². The molecule has 0 aliphatic carbocycles. The molecule has 1 aliphatic heterocycles. The van der Waals surface area contributed by atoms with Gasteiger partial charge in [0.1, 0.15) is 11.4 Å². The summed E-state index contributed by atoms with van der Waals surface area (Å²) in [5.41, 5.74) is 1.26. The zero-order chi connectivity index (χ0) is 24.0. The number of benzene rings is 1. The topological polar surface area (TPSA) is 110 Å². The van der Waals surface area contributed by atoms with Gasteiger partial charge in [-0.3, -0.25) is 9.48 Å². The number of halogens is 4. The van der Waals surface area contributed by atoms with E-state index in [4.69, 9.17) is 11.6 Å². The minimum atomic E-state index is -4.55. The number of carbonyl (C=O) groups excluding carboxylic acids is 1. The molecular formula is C19H17ClF3N5O4S. The van der Waals surface area contributed by atoms with Crippen molar-refractivity contribution in [2.24, 2.45) is 0 Å². The number of hydrogen-bond acceptors (Lipinski definition) is 6. The van der Waals surface area contributed by atoms with Gasteiger partial charge < -0.3 is 10.0 Å². The molecule has 9 nitrogen and oxygen atoms in total. The van der Waals surface area contributed by atoms with E-state index in [2.05, 4.69) is 10.2 Å². The van der Waals surface area contributed by atoms with Gasteiger partial charge >= 0.3 is 6.18 Å². The number of aliphatic hydroxyl groups excluding tert-OH is 1. The Bertz CT molecular complexity index is 1280. The number of rotatable bonds is 6. The van der Waals surface area contributed by atoms with Gasteiger partial charge in [-0.05, 0) is 11.6 Å². The maximum absolute atomic E-state index is 13.0. The van der Waals surface area contributed by atoms with Gasteiger partial charge in [0.25, 0.3) is 10.0 Å². The average molecular weight is 504 g/mol. The number of hydrogen-bond donors (Lipinski definition) is 1. The van der Waals surface area contributed by atoms with E-state index in [1.807, 2.05) is 0 Å². The van der Waals surface area contributed by atoms with Crippen molar-refractivity contribution in [3.05, 3.63) is 64.7 Å². The van der Waals surface area contributed by atoms with Crippen molar-refractivity contribution in [1.82, 2.24) is 23.9 Å². The molecule has 3 aromatic rings. The predicted octanol–water partition coefficient (Wildman–Crippen LogP) is 2.15. The fraction of sp³-hybridized carbons (Fsp3) is 0.316. The van der Waals surface area contributed by atoms with Crippen LogP contribution in [0.5, 0.6) is 0 Å². The normalized spacial score (nSPS) is 15.0. The molecule has 0 unspecified atom stereocenters. The van der Waals surface area contributed by atoms with Crippen LogP contribution in [0, 0.1) is 0 Å². The fourth-order valence-corrected chi connectivity index (χ4v) is 4.94. The summed E-state index contributed by atoms with van der Waals surface area (Å²) in [5, 5.41) is 17.6. The van der Waals surface area contributed by atoms with Crippen molar-refractivity contribution in [2.45, 2.75) is 36.6 Å². The molecule has 1 aliphatic rings. The van der Waals surface area contributed by atoms with Gasteiger partial charge in [-0.2, -0.15) is 35.9 Å². The molecular weight excluding hydrogens is 487 g/mol. The zero-order valence-corrected chi connectivity index (χ0v) is 18.3. The monoisotopic (exact) mass is 503 g/mol. The summed E-state index contributed by atoms with van der Waals surface area (Å²) in [6.07, 6.45) is -1.74. The van der Waals surface area contributed by atoms with Crippen LogP contribution in [0.4, 0.5) is 13.2 Å². The summed E-state index contributed by atoms with van der Waals surface area (Å²) in [6.45, 7) is -1.83. The Kier molecular flexibility index (Phi) is 5.97. The quantitative estimate of drug-likeness (QED) is 0.552. The summed E-state index contributed by atoms with van der Waals surface area (Å²) < 4.78 is 64.2. The fourth-order valence-electron chi connectivity index (χ4n) is 3.55. The Morgan fingerprint density at radius 3 is 2.58 bits per heavy atom. The van der Waals surface area contributed by atoms with Crippen LogP contribution >= 0.6 is 11.6 Å². The minimum Gasteiger partial charge on any atom is -0.395 e. The van der Waals surface area contributed by atoms with E-state index in [0.29, 0.717) is 30.6 Å². The summed E-state index contributed by atoms with van der Waals surface area (Å²) >= 11 is 6.15. The van der Waals surface area contributed by atoms with Crippen LogP contribution in [0.3, 0.4) is 0 Å². The number of aliphatic hydroxyl groups is 1. The molecule has 0 radical (unpaired) electrons. The van der Waals surface area contributed by atoms with Gasteiger partial charge in [0.15, 0.2) is 0 Å². The third-order valence-corrected chi connectivity index (χ3v) is 6.96. The zero-order valence-electron chi connectivity index (χ0n) is 16.8. The molecule has 14 heteroatoms. The molecule has 33 heavy (non-hydrogen) atoms. The standard InChI is InChI=1S/C19H17ClF3N5O4S/c20-16-4-2-1-3-14(16)15(10-29)18(30)26-6-12-7-28(25-17(12)9-26)33(31,32)13-5-24-27(8-13)11-19(21,22)23/h1-5,7-8,15,29H,6,9-11H2/t15-/m0/s1. The van der Waals surface area contributed by atoms with Crippen LogP contribution in [0.25, 0.3) is 0 Å². The molecule has 3 heterocycles. The van der Waals surface area contributed by atoms with Crippen molar-refractivity contribution in [3.8, 4) is 0 Å². The first-order chi connectivity index (χ1) is 15.5. The van der Waals surface area contributed by atoms with E-state index in [9.17, 15) is 31.5 Å². The van der Waals surface area contributed by atoms with Crippen LogP contribution in [-0.4, -0.2) is 56.1 Å². The summed E-state index contributed by atoms with van der Waals surface area (Å²) in [4.78, 5) is 13.9. The summed E-state index contributed by atoms with van der Waals surface area (Å²) in [6, 6.07) is 6.65. The van der Waals surface area contributed by atoms with Crippen molar-refractivity contribution in [3.63, 3.8) is 0 Å². The molecule has 0 spiro atoms. The lowest BCUT2D eigenvalue weighted by Crippen LogP contribution is -2.33. The van der Waals surface area contributed by atoms with E-state index in [1.165, 1.54) is 11.1 Å². The van der Waals surface area contributed by atoms with Crippen molar-refractivity contribution in [2.75, 3.05) is 6.61 Å². The SMILES string of the molecule is O=C([C@@H](CO)c1ccccc1Cl)N1Cc2cn(S(=O)(=O)c3cnn(CC(F)(F)F)c3)nc2C1. The number of amides is 1. The Morgan fingerprint density at radius 1 is 1.21 bits per heavy atom. The van der Waals surface area contributed by atoms with E-state index < -0.39 is 46.1 Å². The molecule has 0 bridgehead atoms. The average Bonchev–Trinajstić information content (AvgIpc) is 3.43. The molecule has 1 N–H and O–H groups in total. The lowest BCUT2D eigenvalue weighted by molar-refractivity contribution is -0.142. The highest BCUT2D eigenvalue weighted by Crippen LogP contribution is 2.30. The Morgan fingerprint density at radius 2 is 1.94 bits per heavy atom. The minimum absolute atomic E-state index is 0.00494. The highest BCUT2D eigenvalue weighted by atomic mass is 35.5. The first kappa shape index (κ1) is 23.3. The van der Waals surface area contributed by atoms with E-state index in [-0.39, 0.29) is 13.1 Å². The second kappa shape index (κ2) is 8.47. The first-order valence-electron chi connectivity index (χ1n) is 9.56. The molecule has 0 saturated heterocycles. The van der Waals surface area contributed by atoms with Gasteiger partial charge in [0, 0.05) is 29.5 Å². The molecule has 176 valence electrons. The third-order valence-electron chi connectivity index (χ3n) is 5.13. The number of aromatic nitrogens is 4. The summed E-state index contributed by atoms with van der Waals surface area (Å²) in [7, 11) is -4.26. The molecule has 1 atom stereocenters. The Balaban J connectivity index is 1.51.